The Morgan fingerprint density at radius 1 is 1.00 bits per heavy atom. The van der Waals surface area contributed by atoms with E-state index in [0.29, 0.717) is 18.4 Å². The van der Waals surface area contributed by atoms with Crippen LogP contribution in [0.25, 0.3) is 0 Å². The molecule has 0 radical (unpaired) electrons. The fraction of sp³-hybridized carbons (Fsp3) is 0.235. The number of hydrogen-bond acceptors (Lipinski definition) is 4. The Hall–Kier alpha value is -2.38. The lowest BCUT2D eigenvalue weighted by atomic mass is 10.1. The average Bonchev–Trinajstić information content (AvgIpc) is 2.55. The molecule has 0 heterocycles. The number of carboxylic acid groups (broad SMARTS) is 1. The number of nitrogens with one attached hydrogen (secondary N) is 1. The number of carbonyl (C=O) groups is 1. The normalized spacial score (nSPS) is 11.3. The van der Waals surface area contributed by atoms with Crippen molar-refractivity contribution < 1.29 is 23.4 Å². The van der Waals surface area contributed by atoms with Gasteiger partial charge in [0, 0.05) is 13.0 Å². The molecule has 2 rings (SSSR count). The van der Waals surface area contributed by atoms with Crippen molar-refractivity contribution in [1.82, 2.24) is 4.72 Å². The Morgan fingerprint density at radius 3 is 2.29 bits per heavy atom. The number of aromatic hydroxyl groups is 1. The average molecular weight is 349 g/mol. The maximum Gasteiger partial charge on any atom is 0.303 e. The summed E-state index contributed by atoms with van der Waals surface area (Å²) in [5.41, 5.74) is 1.44. The van der Waals surface area contributed by atoms with Gasteiger partial charge in [-0.15, -0.1) is 0 Å². The standard InChI is InChI=1S/C17H19NO5S/c19-16-4-2-1-3-14(16)11-12-18-24(22,23)15-8-5-13(6-9-15)7-10-17(20)21/h1-6,8-9,18-19H,7,10-12H2,(H,20,21). The minimum absolute atomic E-state index is 0.00488. The van der Waals surface area contributed by atoms with Gasteiger partial charge in [0.25, 0.3) is 0 Å². The SMILES string of the molecule is O=C(O)CCc1ccc(S(=O)(=O)NCCc2ccccc2O)cc1. The van der Waals surface area contributed by atoms with Gasteiger partial charge in [-0.1, -0.05) is 30.3 Å². The summed E-state index contributed by atoms with van der Waals surface area (Å²) in [4.78, 5) is 10.7. The molecule has 2 aromatic rings. The van der Waals surface area contributed by atoms with Crippen molar-refractivity contribution in [3.8, 4) is 5.75 Å². The number of hydrogen-bond donors (Lipinski definition) is 3. The number of carboxylic acids is 1. The van der Waals surface area contributed by atoms with Gasteiger partial charge in [-0.25, -0.2) is 13.1 Å². The van der Waals surface area contributed by atoms with Gasteiger partial charge in [0.2, 0.25) is 10.0 Å². The Balaban J connectivity index is 1.95. The monoisotopic (exact) mass is 349 g/mol. The van der Waals surface area contributed by atoms with E-state index < -0.39 is 16.0 Å². The molecular formula is C17H19NO5S. The summed E-state index contributed by atoms with van der Waals surface area (Å²) in [6.07, 6.45) is 0.740. The Morgan fingerprint density at radius 2 is 1.67 bits per heavy atom. The Bertz CT molecular complexity index is 800. The molecule has 0 aromatic heterocycles. The third kappa shape index (κ3) is 5.07. The van der Waals surface area contributed by atoms with E-state index in [9.17, 15) is 18.3 Å². The van der Waals surface area contributed by atoms with E-state index >= 15 is 0 Å². The quantitative estimate of drug-likeness (QED) is 0.675. The predicted molar refractivity (Wildman–Crippen MR) is 89.4 cm³/mol. The number of aliphatic carboxylic acids is 1. The second kappa shape index (κ2) is 7.94. The van der Waals surface area contributed by atoms with Crippen LogP contribution in [0.1, 0.15) is 17.5 Å². The van der Waals surface area contributed by atoms with Crippen molar-refractivity contribution >= 4 is 16.0 Å². The van der Waals surface area contributed by atoms with Crippen LogP contribution in [0, 0.1) is 0 Å². The zero-order valence-electron chi connectivity index (χ0n) is 13.0. The van der Waals surface area contributed by atoms with Gasteiger partial charge in [-0.05, 0) is 42.2 Å². The molecule has 24 heavy (non-hydrogen) atoms. The number of para-hydroxylation sites is 1. The highest BCUT2D eigenvalue weighted by Gasteiger charge is 2.13. The van der Waals surface area contributed by atoms with E-state index in [1.165, 1.54) is 12.1 Å². The summed E-state index contributed by atoms with van der Waals surface area (Å²) in [6, 6.07) is 12.9. The van der Waals surface area contributed by atoms with E-state index in [1.54, 1.807) is 36.4 Å². The number of aryl methyl sites for hydroxylation is 1. The lowest BCUT2D eigenvalue weighted by Crippen LogP contribution is -2.26. The van der Waals surface area contributed by atoms with Crippen LogP contribution in [-0.4, -0.2) is 31.1 Å². The fourth-order valence-electron chi connectivity index (χ4n) is 2.21. The lowest BCUT2D eigenvalue weighted by Gasteiger charge is -2.08. The Labute approximate surface area is 140 Å². The largest absolute Gasteiger partial charge is 0.508 e. The molecule has 0 aliphatic heterocycles. The molecule has 0 atom stereocenters. The molecule has 0 bridgehead atoms. The summed E-state index contributed by atoms with van der Waals surface area (Å²) in [7, 11) is -3.64. The van der Waals surface area contributed by atoms with Crippen LogP contribution >= 0.6 is 0 Å². The maximum absolute atomic E-state index is 12.2. The molecule has 0 aliphatic rings. The van der Waals surface area contributed by atoms with Crippen molar-refractivity contribution in [2.24, 2.45) is 0 Å². The third-order valence-corrected chi connectivity index (χ3v) is 5.02. The molecule has 0 unspecified atom stereocenters. The van der Waals surface area contributed by atoms with Crippen molar-refractivity contribution in [2.45, 2.75) is 24.2 Å². The second-order valence-corrected chi connectivity index (χ2v) is 7.08. The summed E-state index contributed by atoms with van der Waals surface area (Å²) >= 11 is 0. The Kier molecular flexibility index (Phi) is 5.94. The fourth-order valence-corrected chi connectivity index (χ4v) is 3.24. The van der Waals surface area contributed by atoms with Gasteiger partial charge in [0.1, 0.15) is 5.75 Å². The molecule has 0 saturated heterocycles. The molecule has 0 saturated carbocycles. The van der Waals surface area contributed by atoms with Gasteiger partial charge in [0.05, 0.1) is 4.90 Å². The first-order valence-corrected chi connectivity index (χ1v) is 8.94. The number of sulfonamides is 1. The molecule has 0 amide bonds. The van der Waals surface area contributed by atoms with E-state index in [2.05, 4.69) is 4.72 Å². The molecule has 6 nitrogen and oxygen atoms in total. The van der Waals surface area contributed by atoms with Crippen molar-refractivity contribution in [2.75, 3.05) is 6.54 Å². The highest BCUT2D eigenvalue weighted by molar-refractivity contribution is 7.89. The van der Waals surface area contributed by atoms with Gasteiger partial charge in [0.15, 0.2) is 0 Å². The maximum atomic E-state index is 12.2. The van der Waals surface area contributed by atoms with Crippen molar-refractivity contribution in [1.29, 1.82) is 0 Å². The number of benzene rings is 2. The zero-order chi connectivity index (χ0) is 17.6. The van der Waals surface area contributed by atoms with E-state index in [4.69, 9.17) is 5.11 Å². The summed E-state index contributed by atoms with van der Waals surface area (Å²) in [6.45, 7) is 0.167. The molecule has 2 aromatic carbocycles. The van der Waals surface area contributed by atoms with Crippen LogP contribution < -0.4 is 4.72 Å². The highest BCUT2D eigenvalue weighted by atomic mass is 32.2. The third-order valence-electron chi connectivity index (χ3n) is 3.54. The number of phenols is 1. The number of phenolic OH excluding ortho intramolecular Hbond substituents is 1. The first-order valence-electron chi connectivity index (χ1n) is 7.46. The number of rotatable bonds is 8. The topological polar surface area (TPSA) is 104 Å². The minimum Gasteiger partial charge on any atom is -0.508 e. The molecule has 0 fully saturated rings. The second-order valence-electron chi connectivity index (χ2n) is 5.31. The van der Waals surface area contributed by atoms with Gasteiger partial charge < -0.3 is 10.2 Å². The minimum atomic E-state index is -3.64. The van der Waals surface area contributed by atoms with Gasteiger partial charge in [-0.3, -0.25) is 4.79 Å². The van der Waals surface area contributed by atoms with Crippen LogP contribution in [0.15, 0.2) is 53.4 Å². The van der Waals surface area contributed by atoms with E-state index in [0.717, 1.165) is 5.56 Å². The van der Waals surface area contributed by atoms with Crippen molar-refractivity contribution in [3.05, 3.63) is 59.7 Å². The molecule has 7 heteroatoms. The first-order chi connectivity index (χ1) is 11.4. The van der Waals surface area contributed by atoms with Gasteiger partial charge >= 0.3 is 5.97 Å². The van der Waals surface area contributed by atoms with Gasteiger partial charge in [-0.2, -0.15) is 0 Å². The molecule has 3 N–H and O–H groups in total. The molecular weight excluding hydrogens is 330 g/mol. The lowest BCUT2D eigenvalue weighted by molar-refractivity contribution is -0.136. The highest BCUT2D eigenvalue weighted by Crippen LogP contribution is 2.16. The summed E-state index contributed by atoms with van der Waals surface area (Å²) < 4.78 is 26.9. The molecule has 0 spiro atoms. The first kappa shape index (κ1) is 18.0. The van der Waals surface area contributed by atoms with Crippen LogP contribution in [0.5, 0.6) is 5.75 Å². The van der Waals surface area contributed by atoms with Crippen LogP contribution in [0.2, 0.25) is 0 Å². The van der Waals surface area contributed by atoms with E-state index in [-0.39, 0.29) is 23.6 Å². The summed E-state index contributed by atoms with van der Waals surface area (Å²) in [5.74, 6) is -0.753. The van der Waals surface area contributed by atoms with Crippen molar-refractivity contribution in [3.63, 3.8) is 0 Å². The molecule has 128 valence electrons. The summed E-state index contributed by atoms with van der Waals surface area (Å²) in [5, 5.41) is 18.3. The van der Waals surface area contributed by atoms with Crippen LogP contribution in [0.3, 0.4) is 0 Å². The predicted octanol–water partition coefficient (Wildman–Crippen LogP) is 1.93. The smallest absolute Gasteiger partial charge is 0.303 e. The zero-order valence-corrected chi connectivity index (χ0v) is 13.8. The molecule has 0 aliphatic carbocycles. The van der Waals surface area contributed by atoms with Crippen LogP contribution in [-0.2, 0) is 27.7 Å². The van der Waals surface area contributed by atoms with E-state index in [1.807, 2.05) is 0 Å². The van der Waals surface area contributed by atoms with Crippen LogP contribution in [0.4, 0.5) is 0 Å².